The number of nitrogens with two attached hydrogens (primary N) is 1. The molecule has 5 heteroatoms. The van der Waals surface area contributed by atoms with Crippen LogP contribution in [0, 0.1) is 0 Å². The fourth-order valence-corrected chi connectivity index (χ4v) is 3.39. The van der Waals surface area contributed by atoms with Crippen LogP contribution in [-0.4, -0.2) is 27.5 Å². The Balaban J connectivity index is 2.15. The first-order chi connectivity index (χ1) is 8.22. The first-order valence-corrected chi connectivity index (χ1v) is 7.46. The maximum absolute atomic E-state index is 5.68. The molecule has 0 bridgehead atoms. The van der Waals surface area contributed by atoms with Gasteiger partial charge in [-0.1, -0.05) is 18.6 Å². The number of aromatic nitrogens is 1. The zero-order chi connectivity index (χ0) is 12.3. The van der Waals surface area contributed by atoms with Crippen molar-refractivity contribution in [1.29, 1.82) is 0 Å². The lowest BCUT2D eigenvalue weighted by Gasteiger charge is -2.21. The predicted molar refractivity (Wildman–Crippen MR) is 78.7 cm³/mol. The number of hydrogen-bond donors (Lipinski definition) is 2. The third-order valence-electron chi connectivity index (χ3n) is 3.14. The Bertz CT molecular complexity index is 408. The van der Waals surface area contributed by atoms with Gasteiger partial charge in [-0.05, 0) is 31.2 Å². The highest BCUT2D eigenvalue weighted by Gasteiger charge is 2.26. The van der Waals surface area contributed by atoms with Crippen molar-refractivity contribution >= 4 is 34.7 Å². The second-order valence-corrected chi connectivity index (χ2v) is 5.74. The van der Waals surface area contributed by atoms with E-state index >= 15 is 0 Å². The summed E-state index contributed by atoms with van der Waals surface area (Å²) in [4.78, 5) is 4.59. The van der Waals surface area contributed by atoms with E-state index in [-0.39, 0.29) is 0 Å². The summed E-state index contributed by atoms with van der Waals surface area (Å²) in [6.07, 6.45) is 7.66. The summed E-state index contributed by atoms with van der Waals surface area (Å²) in [7, 11) is 0. The van der Waals surface area contributed by atoms with E-state index in [1.165, 1.54) is 19.3 Å². The molecular formula is C12H17N3S2. The van der Waals surface area contributed by atoms with Gasteiger partial charge in [0.15, 0.2) is 0 Å². The van der Waals surface area contributed by atoms with Crippen LogP contribution in [0.15, 0.2) is 18.3 Å². The van der Waals surface area contributed by atoms with Gasteiger partial charge in [0, 0.05) is 17.5 Å². The molecule has 0 aromatic carbocycles. The smallest absolute Gasteiger partial charge is 0.124 e. The largest absolute Gasteiger partial charge is 0.388 e. The fourth-order valence-electron chi connectivity index (χ4n) is 2.29. The van der Waals surface area contributed by atoms with E-state index in [4.69, 9.17) is 18.0 Å². The number of thiocarbonyl (C=S) groups is 1. The Hall–Kier alpha value is -0.810. The van der Waals surface area contributed by atoms with Crippen LogP contribution in [0.4, 0.5) is 5.69 Å². The molecule has 3 nitrogen and oxygen atoms in total. The summed E-state index contributed by atoms with van der Waals surface area (Å²) in [5.74, 6) is 0. The monoisotopic (exact) mass is 267 g/mol. The van der Waals surface area contributed by atoms with Crippen LogP contribution < -0.4 is 11.1 Å². The van der Waals surface area contributed by atoms with Crippen molar-refractivity contribution in [1.82, 2.24) is 4.98 Å². The Morgan fingerprint density at radius 3 is 3.12 bits per heavy atom. The highest BCUT2D eigenvalue weighted by Crippen LogP contribution is 2.31. The van der Waals surface area contributed by atoms with E-state index < -0.39 is 0 Å². The van der Waals surface area contributed by atoms with E-state index in [0.717, 1.165) is 5.69 Å². The molecule has 92 valence electrons. The van der Waals surface area contributed by atoms with E-state index in [1.807, 2.05) is 23.9 Å². The fraction of sp³-hybridized carbons (Fsp3) is 0.500. The van der Waals surface area contributed by atoms with Crippen molar-refractivity contribution in [3.05, 3.63) is 24.0 Å². The minimum atomic E-state index is 0.354. The summed E-state index contributed by atoms with van der Waals surface area (Å²) in [5, 5.41) is 4.22. The van der Waals surface area contributed by atoms with Gasteiger partial charge in [-0.25, -0.2) is 0 Å². The lowest BCUT2D eigenvalue weighted by Crippen LogP contribution is -2.27. The number of rotatable bonds is 4. The summed E-state index contributed by atoms with van der Waals surface area (Å²) < 4.78 is 0. The topological polar surface area (TPSA) is 50.9 Å². The van der Waals surface area contributed by atoms with Crippen molar-refractivity contribution in [2.75, 3.05) is 11.6 Å². The maximum atomic E-state index is 5.68. The van der Waals surface area contributed by atoms with Gasteiger partial charge in [0.05, 0.1) is 5.69 Å². The van der Waals surface area contributed by atoms with Crippen LogP contribution in [0.2, 0.25) is 0 Å². The maximum Gasteiger partial charge on any atom is 0.124 e. The molecule has 2 atom stereocenters. The highest BCUT2D eigenvalue weighted by molar-refractivity contribution is 7.99. The Morgan fingerprint density at radius 2 is 2.41 bits per heavy atom. The van der Waals surface area contributed by atoms with E-state index in [2.05, 4.69) is 16.6 Å². The number of anilines is 1. The molecule has 1 aliphatic carbocycles. The zero-order valence-electron chi connectivity index (χ0n) is 9.85. The molecule has 1 heterocycles. The zero-order valence-corrected chi connectivity index (χ0v) is 11.5. The molecule has 0 radical (unpaired) electrons. The van der Waals surface area contributed by atoms with Crippen molar-refractivity contribution in [3.8, 4) is 0 Å². The van der Waals surface area contributed by atoms with Crippen LogP contribution in [0.25, 0.3) is 0 Å². The minimum absolute atomic E-state index is 0.354. The second-order valence-electron chi connectivity index (χ2n) is 4.22. The first kappa shape index (κ1) is 12.6. The minimum Gasteiger partial charge on any atom is -0.388 e. The molecule has 2 rings (SSSR count). The van der Waals surface area contributed by atoms with Gasteiger partial charge >= 0.3 is 0 Å². The molecular weight excluding hydrogens is 250 g/mol. The number of thioether (sulfide) groups is 1. The summed E-state index contributed by atoms with van der Waals surface area (Å²) >= 11 is 6.95. The molecule has 1 fully saturated rings. The predicted octanol–water partition coefficient (Wildman–Crippen LogP) is 2.41. The first-order valence-electron chi connectivity index (χ1n) is 5.76. The molecule has 0 saturated heterocycles. The van der Waals surface area contributed by atoms with Crippen molar-refractivity contribution < 1.29 is 0 Å². The lowest BCUT2D eigenvalue weighted by atomic mass is 10.2. The van der Waals surface area contributed by atoms with Crippen molar-refractivity contribution in [3.63, 3.8) is 0 Å². The number of pyridine rings is 1. The Labute approximate surface area is 112 Å². The van der Waals surface area contributed by atoms with Gasteiger partial charge in [0.2, 0.25) is 0 Å². The molecule has 0 aliphatic heterocycles. The molecule has 1 aromatic heterocycles. The summed E-state index contributed by atoms with van der Waals surface area (Å²) in [5.41, 5.74) is 7.35. The van der Waals surface area contributed by atoms with Crippen molar-refractivity contribution in [2.24, 2.45) is 5.73 Å². The molecule has 1 aromatic rings. The molecule has 1 saturated carbocycles. The van der Waals surface area contributed by atoms with Gasteiger partial charge in [-0.15, -0.1) is 0 Å². The summed E-state index contributed by atoms with van der Waals surface area (Å²) in [6, 6.07) is 4.41. The van der Waals surface area contributed by atoms with Gasteiger partial charge in [-0.3, -0.25) is 4.98 Å². The Kier molecular flexibility index (Phi) is 4.23. The van der Waals surface area contributed by atoms with Gasteiger partial charge in [0.25, 0.3) is 0 Å². The molecule has 3 N–H and O–H groups in total. The highest BCUT2D eigenvalue weighted by atomic mass is 32.2. The standard InChI is InChI=1S/C12H17N3S2/c1-17-10-6-2-4-8(10)15-9-5-3-7-14-11(9)12(13)16/h3,5,7-8,10,15H,2,4,6H2,1H3,(H2,13,16). The average Bonchev–Trinajstić information content (AvgIpc) is 2.77. The lowest BCUT2D eigenvalue weighted by molar-refractivity contribution is 0.767. The van der Waals surface area contributed by atoms with Crippen LogP contribution in [0.1, 0.15) is 25.0 Å². The van der Waals surface area contributed by atoms with Crippen LogP contribution in [0.5, 0.6) is 0 Å². The van der Waals surface area contributed by atoms with Gasteiger partial charge in [0.1, 0.15) is 10.7 Å². The molecule has 0 amide bonds. The third-order valence-corrected chi connectivity index (χ3v) is 4.50. The van der Waals surface area contributed by atoms with Crippen LogP contribution in [0.3, 0.4) is 0 Å². The van der Waals surface area contributed by atoms with E-state index in [9.17, 15) is 0 Å². The van der Waals surface area contributed by atoms with Crippen LogP contribution in [-0.2, 0) is 0 Å². The molecule has 17 heavy (non-hydrogen) atoms. The number of nitrogens with one attached hydrogen (secondary N) is 1. The van der Waals surface area contributed by atoms with Crippen molar-refractivity contribution in [2.45, 2.75) is 30.6 Å². The van der Waals surface area contributed by atoms with Gasteiger partial charge in [-0.2, -0.15) is 11.8 Å². The molecule has 2 unspecified atom stereocenters. The molecule has 0 spiro atoms. The third kappa shape index (κ3) is 2.90. The average molecular weight is 267 g/mol. The quantitative estimate of drug-likeness (QED) is 0.821. The van der Waals surface area contributed by atoms with Crippen LogP contribution >= 0.6 is 24.0 Å². The SMILES string of the molecule is CSC1CCCC1Nc1cccnc1C(N)=S. The number of hydrogen-bond acceptors (Lipinski definition) is 4. The van der Waals surface area contributed by atoms with E-state index in [1.54, 1.807) is 6.20 Å². The molecule has 1 aliphatic rings. The van der Waals surface area contributed by atoms with Gasteiger partial charge < -0.3 is 11.1 Å². The number of nitrogens with zero attached hydrogens (tertiary/aromatic N) is 1. The Morgan fingerprint density at radius 1 is 1.59 bits per heavy atom. The van der Waals surface area contributed by atoms with E-state index in [0.29, 0.717) is 22.0 Å². The normalized spacial score (nSPS) is 23.6. The second kappa shape index (κ2) is 5.69. The summed E-state index contributed by atoms with van der Waals surface area (Å²) in [6.45, 7) is 0.